The van der Waals surface area contributed by atoms with E-state index in [2.05, 4.69) is 4.74 Å². The van der Waals surface area contributed by atoms with E-state index in [1.165, 1.54) is 0 Å². The van der Waals surface area contributed by atoms with E-state index < -0.39 is 25.2 Å². The molecule has 2 N–H and O–H groups in total. The fraction of sp³-hybridized carbons (Fsp3) is 0.667. The summed E-state index contributed by atoms with van der Waals surface area (Å²) >= 11 is 0. The summed E-state index contributed by atoms with van der Waals surface area (Å²) in [6.45, 7) is -6.33. The molecule has 36 valence electrons. The van der Waals surface area contributed by atoms with Crippen LogP contribution in [0.4, 0.5) is 4.79 Å². The summed E-state index contributed by atoms with van der Waals surface area (Å²) in [7, 11) is 0. The second kappa shape index (κ2) is 2.50. The van der Waals surface area contributed by atoms with Crippen molar-refractivity contribution in [2.24, 2.45) is 5.72 Å². The minimum atomic E-state index is -3.19. The summed E-state index contributed by atoms with van der Waals surface area (Å²) < 4.78 is 49.8. The highest BCUT2D eigenvalue weighted by atomic mass is 16.5. The summed E-state index contributed by atoms with van der Waals surface area (Å²) in [5, 5.41) is 0. The SMILES string of the molecule is [2H]N([2H])C(=O)OC([2H])([2H])C([2H])([2H])[2H]. The average molecular weight is 96.1 g/mol. The highest BCUT2D eigenvalue weighted by molar-refractivity contribution is 5.64. The minimum absolute atomic E-state index is 0.552. The van der Waals surface area contributed by atoms with Gasteiger partial charge >= 0.3 is 6.09 Å². The molecule has 0 aromatic carbocycles. The molecule has 0 rings (SSSR count). The van der Waals surface area contributed by atoms with Gasteiger partial charge in [0.05, 0.1) is 9.30 Å². The van der Waals surface area contributed by atoms with Crippen LogP contribution in [0.5, 0.6) is 0 Å². The van der Waals surface area contributed by atoms with Crippen LogP contribution in [0.1, 0.15) is 13.7 Å². The first-order chi connectivity index (χ1) is 5.58. The van der Waals surface area contributed by atoms with Crippen molar-refractivity contribution in [3.8, 4) is 0 Å². The van der Waals surface area contributed by atoms with Crippen molar-refractivity contribution in [3.05, 3.63) is 0 Å². The molecule has 6 heavy (non-hydrogen) atoms. The Kier molecular flexibility index (Phi) is 0.316. The third-order valence-corrected chi connectivity index (χ3v) is 0.138. The molecule has 0 unspecified atom stereocenters. The number of carbonyl (C=O) groups is 1. The van der Waals surface area contributed by atoms with Crippen LogP contribution in [0.15, 0.2) is 0 Å². The highest BCUT2D eigenvalue weighted by Gasteiger charge is 1.82. The van der Waals surface area contributed by atoms with Gasteiger partial charge in [-0.2, -0.15) is 0 Å². The van der Waals surface area contributed by atoms with Gasteiger partial charge in [0, 0.05) is 4.11 Å². The molecule has 0 fully saturated rings. The zero-order valence-electron chi connectivity index (χ0n) is 9.76. The highest BCUT2D eigenvalue weighted by Crippen LogP contribution is 1.66. The monoisotopic (exact) mass is 96.1 g/mol. The molecule has 0 saturated carbocycles. The largest absolute Gasteiger partial charge is 0.450 e. The summed E-state index contributed by atoms with van der Waals surface area (Å²) in [5.41, 5.74) is -0.552. The number of rotatable bonds is 1. The zero-order valence-corrected chi connectivity index (χ0v) is 2.76. The molecule has 0 aliphatic rings. The number of hydrogen-bond donors (Lipinski definition) is 1. The van der Waals surface area contributed by atoms with Crippen LogP contribution in [0.3, 0.4) is 0 Å². The van der Waals surface area contributed by atoms with Gasteiger partial charge < -0.3 is 10.5 Å². The number of hydrogen-bond acceptors (Lipinski definition) is 2. The van der Waals surface area contributed by atoms with Crippen LogP contribution in [-0.2, 0) is 4.74 Å². The van der Waals surface area contributed by atoms with Crippen molar-refractivity contribution in [1.29, 1.82) is 0 Å². The Labute approximate surface area is 46.0 Å². The first-order valence-electron chi connectivity index (χ1n) is 4.48. The third-order valence-electron chi connectivity index (χ3n) is 0.138. The average Bonchev–Trinajstić information content (AvgIpc) is 1.83. The van der Waals surface area contributed by atoms with E-state index in [4.69, 9.17) is 9.68 Å². The lowest BCUT2D eigenvalue weighted by Gasteiger charge is -1.89. The molecule has 0 aromatic rings. The number of primary amides is 1. The molecule has 0 bridgehead atoms. The predicted octanol–water partition coefficient (Wildman–Crippen LogP) is 0.102. The fourth-order valence-electron chi connectivity index (χ4n) is 0.0437. The quantitative estimate of drug-likeness (QED) is 0.503. The first-order valence-corrected chi connectivity index (χ1v) is 1.09. The maximum atomic E-state index is 10.4. The zero-order chi connectivity index (χ0) is 10.9. The molecule has 0 heterocycles. The van der Waals surface area contributed by atoms with Crippen LogP contribution < -0.4 is 5.72 Å². The summed E-state index contributed by atoms with van der Waals surface area (Å²) in [6, 6.07) is 0. The summed E-state index contributed by atoms with van der Waals surface area (Å²) in [6.07, 6.45) is -1.69. The molecule has 0 radical (unpaired) electrons. The van der Waals surface area contributed by atoms with Crippen molar-refractivity contribution in [1.82, 2.24) is 0 Å². The Hall–Kier alpha value is -0.730. The van der Waals surface area contributed by atoms with E-state index in [0.717, 1.165) is 0 Å². The first kappa shape index (κ1) is 0.757. The summed E-state index contributed by atoms with van der Waals surface area (Å²) in [4.78, 5) is 10.4. The molecule has 3 heteroatoms. The molecule has 0 aliphatic carbocycles. The molecule has 0 saturated heterocycles. The predicted molar refractivity (Wildman–Crippen MR) is 21.2 cm³/mol. The maximum absolute atomic E-state index is 10.4. The minimum Gasteiger partial charge on any atom is -0.450 e. The molecule has 0 spiro atoms. The molecular formula is C3H7NO2. The lowest BCUT2D eigenvalue weighted by molar-refractivity contribution is 0.163. The lowest BCUT2D eigenvalue weighted by Crippen LogP contribution is -2.11. The van der Waals surface area contributed by atoms with E-state index in [9.17, 15) is 4.79 Å². The smallest absolute Gasteiger partial charge is 0.404 e. The Morgan fingerprint density at radius 2 is 3.50 bits per heavy atom. The van der Waals surface area contributed by atoms with E-state index in [1.807, 2.05) is 0 Å². The van der Waals surface area contributed by atoms with Gasteiger partial charge in [-0.15, -0.1) is 0 Å². The van der Waals surface area contributed by atoms with Crippen LogP contribution in [0.2, 0.25) is 2.82 Å². The molecule has 0 aromatic heterocycles. The van der Waals surface area contributed by atoms with E-state index in [-0.39, 0.29) is 0 Å². The normalized spacial score (nSPS) is 28.3. The number of nitrogens with two attached hydrogens (primary N) is 1. The maximum Gasteiger partial charge on any atom is 0.404 e. The molecule has 0 atom stereocenters. The van der Waals surface area contributed by atoms with Gasteiger partial charge in [0.15, 0.2) is 2.82 Å². The van der Waals surface area contributed by atoms with E-state index in [1.54, 1.807) is 0 Å². The van der Waals surface area contributed by atoms with Gasteiger partial charge in [-0.3, -0.25) is 0 Å². The van der Waals surface area contributed by atoms with Crippen molar-refractivity contribution in [2.45, 2.75) is 6.85 Å². The van der Waals surface area contributed by atoms with Crippen molar-refractivity contribution >= 4 is 6.09 Å². The Balaban J connectivity index is 4.44. The van der Waals surface area contributed by atoms with Crippen molar-refractivity contribution < 1.29 is 19.2 Å². The third kappa shape index (κ3) is 3.27. The van der Waals surface area contributed by atoms with Crippen LogP contribution in [-0.4, -0.2) is 12.7 Å². The number of ether oxygens (including phenoxy) is 1. The van der Waals surface area contributed by atoms with E-state index >= 15 is 0 Å². The van der Waals surface area contributed by atoms with Crippen molar-refractivity contribution in [3.63, 3.8) is 0 Å². The van der Waals surface area contributed by atoms with Gasteiger partial charge in [-0.25, -0.2) is 4.79 Å². The fourth-order valence-corrected chi connectivity index (χ4v) is 0.0437. The second-order valence-electron chi connectivity index (χ2n) is 0.470. The van der Waals surface area contributed by atoms with E-state index in [0.29, 0.717) is 0 Å². The van der Waals surface area contributed by atoms with Crippen LogP contribution in [0.25, 0.3) is 0 Å². The van der Waals surface area contributed by atoms with Gasteiger partial charge in [0.1, 0.15) is 0 Å². The van der Waals surface area contributed by atoms with Gasteiger partial charge in [-0.05, 0) is 6.85 Å². The molecule has 3 nitrogen and oxygen atoms in total. The van der Waals surface area contributed by atoms with Gasteiger partial charge in [0.25, 0.3) is 0 Å². The Morgan fingerprint density at radius 1 is 2.67 bits per heavy atom. The summed E-state index contributed by atoms with van der Waals surface area (Å²) in [5.74, 6) is 0. The van der Waals surface area contributed by atoms with Crippen LogP contribution >= 0.6 is 0 Å². The van der Waals surface area contributed by atoms with Gasteiger partial charge in [0.2, 0.25) is 0 Å². The van der Waals surface area contributed by atoms with Crippen molar-refractivity contribution in [2.75, 3.05) is 6.56 Å². The Bertz CT molecular complexity index is 198. The number of amides is 1. The standard InChI is InChI=1S/C3H7NO2/c1-2-6-3(4)5/h2H2,1H3,(H2,4,5)/i1D3,2D2/hD2. The van der Waals surface area contributed by atoms with Gasteiger partial charge in [-0.1, -0.05) is 0 Å². The topological polar surface area (TPSA) is 52.3 Å². The molecule has 1 amide bonds. The van der Waals surface area contributed by atoms with Crippen LogP contribution in [0, 0.1) is 0 Å². The number of carbonyl (C=O) groups excluding carboxylic acids is 1. The molecule has 0 aliphatic heterocycles. The Morgan fingerprint density at radius 3 is 4.00 bits per heavy atom. The molecular weight excluding hydrogens is 82.0 g/mol. The second-order valence-corrected chi connectivity index (χ2v) is 0.470. The lowest BCUT2D eigenvalue weighted by atomic mass is 10.9.